The maximum Gasteiger partial charge on any atom is 0.703 e. The van der Waals surface area contributed by atoms with E-state index in [0.717, 1.165) is 0 Å². The largest absolute Gasteiger partial charge is 0.703 e. The quantitative estimate of drug-likeness (QED) is 0.587. The van der Waals surface area contributed by atoms with Gasteiger partial charge in [0.25, 0.3) is 0 Å². The van der Waals surface area contributed by atoms with E-state index in [1.807, 2.05) is 0 Å². The van der Waals surface area contributed by atoms with E-state index in [9.17, 15) is 13.3 Å². The molecule has 3 nitrogen and oxygen atoms in total. The molecule has 1 unspecified atom stereocenters. The van der Waals surface area contributed by atoms with Gasteiger partial charge < -0.3 is 0 Å². The van der Waals surface area contributed by atoms with Gasteiger partial charge in [-0.15, -0.1) is 4.52 Å². The predicted molar refractivity (Wildman–Crippen MR) is 26.3 cm³/mol. The summed E-state index contributed by atoms with van der Waals surface area (Å²) in [7, 11) is -2.62. The van der Waals surface area contributed by atoms with E-state index >= 15 is 0 Å². The van der Waals surface area contributed by atoms with Crippen LogP contribution in [0.15, 0.2) is 0 Å². The minimum atomic E-state index is -3.03. The summed E-state index contributed by atoms with van der Waals surface area (Å²) in [6, 6.07) is 0. The Bertz CT molecular complexity index is 97.1. The Kier molecular flexibility index (Phi) is 4.67. The van der Waals surface area contributed by atoms with Crippen molar-refractivity contribution in [3.63, 3.8) is 0 Å². The van der Waals surface area contributed by atoms with Gasteiger partial charge in [0.15, 0.2) is 0 Å². The van der Waals surface area contributed by atoms with Crippen molar-refractivity contribution in [2.24, 2.45) is 0 Å². The number of alkyl halides is 2. The highest BCUT2D eigenvalue weighted by Gasteiger charge is 2.25. The SMILES string of the molecule is CCO[P+](=O)OC(F)F. The highest BCUT2D eigenvalue weighted by atomic mass is 31.1. The molecule has 0 saturated heterocycles. The van der Waals surface area contributed by atoms with Crippen molar-refractivity contribution >= 4 is 8.25 Å². The molecule has 0 aromatic heterocycles. The zero-order valence-electron chi connectivity index (χ0n) is 4.71. The average molecular weight is 159 g/mol. The van der Waals surface area contributed by atoms with Gasteiger partial charge in [-0.3, -0.25) is 0 Å². The molecule has 0 saturated carbocycles. The Morgan fingerprint density at radius 3 is 2.56 bits per heavy atom. The van der Waals surface area contributed by atoms with Crippen LogP contribution in [-0.2, 0) is 13.6 Å². The van der Waals surface area contributed by atoms with Crippen LogP contribution in [0.5, 0.6) is 0 Å². The lowest BCUT2D eigenvalue weighted by Gasteiger charge is -1.83. The average Bonchev–Trinajstić information content (AvgIpc) is 1.63. The minimum Gasteiger partial charge on any atom is -0.174 e. The lowest BCUT2D eigenvalue weighted by atomic mass is 10.9. The maximum absolute atomic E-state index is 11.1. The zero-order chi connectivity index (χ0) is 7.28. The second-order valence-electron chi connectivity index (χ2n) is 1.01. The molecule has 0 radical (unpaired) electrons. The number of hydrogen-bond donors (Lipinski definition) is 0. The molecule has 0 bridgehead atoms. The van der Waals surface area contributed by atoms with E-state index < -0.39 is 14.9 Å². The van der Waals surface area contributed by atoms with Crippen LogP contribution in [0.4, 0.5) is 8.78 Å². The van der Waals surface area contributed by atoms with Crippen LogP contribution < -0.4 is 0 Å². The second kappa shape index (κ2) is 4.73. The van der Waals surface area contributed by atoms with E-state index in [4.69, 9.17) is 0 Å². The van der Waals surface area contributed by atoms with Gasteiger partial charge in [0.05, 0.1) is 0 Å². The minimum absolute atomic E-state index is 0.0991. The second-order valence-corrected chi connectivity index (χ2v) is 1.92. The van der Waals surface area contributed by atoms with E-state index in [-0.39, 0.29) is 6.61 Å². The van der Waals surface area contributed by atoms with Crippen molar-refractivity contribution in [1.82, 2.24) is 0 Å². The lowest BCUT2D eigenvalue weighted by molar-refractivity contribution is -0.0536. The van der Waals surface area contributed by atoms with Crippen LogP contribution in [0.3, 0.4) is 0 Å². The molecule has 0 aliphatic rings. The molecule has 1 atom stereocenters. The van der Waals surface area contributed by atoms with Gasteiger partial charge in [0.1, 0.15) is 6.61 Å². The molecule has 9 heavy (non-hydrogen) atoms. The smallest absolute Gasteiger partial charge is 0.174 e. The van der Waals surface area contributed by atoms with Crippen molar-refractivity contribution in [3.8, 4) is 0 Å². The first-order valence-electron chi connectivity index (χ1n) is 2.22. The molecule has 0 aromatic rings. The van der Waals surface area contributed by atoms with Crippen molar-refractivity contribution in [1.29, 1.82) is 0 Å². The Hall–Kier alpha value is -0.120. The highest BCUT2D eigenvalue weighted by molar-refractivity contribution is 7.33. The Morgan fingerprint density at radius 2 is 2.22 bits per heavy atom. The fourth-order valence-corrected chi connectivity index (χ4v) is 0.603. The normalized spacial score (nSPS) is 12.2. The fraction of sp³-hybridized carbons (Fsp3) is 1.00. The summed E-state index contributed by atoms with van der Waals surface area (Å²) in [6.45, 7) is -1.40. The van der Waals surface area contributed by atoms with Gasteiger partial charge in [-0.2, -0.15) is 8.78 Å². The molecular formula is C3H6F2O3P+. The molecule has 0 heterocycles. The van der Waals surface area contributed by atoms with Gasteiger partial charge in [-0.05, 0) is 11.4 Å². The maximum atomic E-state index is 11.1. The van der Waals surface area contributed by atoms with Gasteiger partial charge in [0, 0.05) is 4.57 Å². The third kappa shape index (κ3) is 5.76. The first-order chi connectivity index (χ1) is 4.16. The number of halogens is 2. The van der Waals surface area contributed by atoms with Crippen LogP contribution in [-0.4, -0.2) is 13.2 Å². The van der Waals surface area contributed by atoms with Crippen LogP contribution in [0.1, 0.15) is 6.92 Å². The fourth-order valence-electron chi connectivity index (χ4n) is 0.201. The molecule has 0 rings (SSSR count). The van der Waals surface area contributed by atoms with E-state index in [2.05, 4.69) is 9.05 Å². The first kappa shape index (κ1) is 8.88. The van der Waals surface area contributed by atoms with Gasteiger partial charge >= 0.3 is 14.9 Å². The molecule has 0 fully saturated rings. The molecule has 0 aliphatic carbocycles. The van der Waals surface area contributed by atoms with Gasteiger partial charge in [-0.25, -0.2) is 0 Å². The predicted octanol–water partition coefficient (Wildman–Crippen LogP) is 1.92. The number of hydrogen-bond acceptors (Lipinski definition) is 3. The van der Waals surface area contributed by atoms with Gasteiger partial charge in [0.2, 0.25) is 0 Å². The lowest BCUT2D eigenvalue weighted by Crippen LogP contribution is -1.91. The van der Waals surface area contributed by atoms with Crippen LogP contribution >= 0.6 is 8.25 Å². The summed E-state index contributed by atoms with van der Waals surface area (Å²) >= 11 is 0. The zero-order valence-corrected chi connectivity index (χ0v) is 5.61. The highest BCUT2D eigenvalue weighted by Crippen LogP contribution is 2.26. The summed E-state index contributed by atoms with van der Waals surface area (Å²) in [4.78, 5) is 0. The molecular weight excluding hydrogens is 153 g/mol. The molecule has 0 amide bonds. The monoisotopic (exact) mass is 159 g/mol. The van der Waals surface area contributed by atoms with E-state index in [0.29, 0.717) is 0 Å². The van der Waals surface area contributed by atoms with Crippen LogP contribution in [0.25, 0.3) is 0 Å². The molecule has 0 spiro atoms. The molecule has 54 valence electrons. The Labute approximate surface area is 51.9 Å². The topological polar surface area (TPSA) is 35.5 Å². The summed E-state index contributed by atoms with van der Waals surface area (Å²) in [5.41, 5.74) is 0. The van der Waals surface area contributed by atoms with E-state index in [1.54, 1.807) is 0 Å². The third-order valence-corrected chi connectivity index (χ3v) is 1.20. The van der Waals surface area contributed by atoms with Crippen LogP contribution in [0.2, 0.25) is 0 Å². The van der Waals surface area contributed by atoms with Gasteiger partial charge in [-0.1, -0.05) is 0 Å². The summed E-state index contributed by atoms with van der Waals surface area (Å²) < 4.78 is 39.9. The van der Waals surface area contributed by atoms with Crippen LogP contribution in [0, 0.1) is 0 Å². The van der Waals surface area contributed by atoms with Crippen molar-refractivity contribution in [3.05, 3.63) is 0 Å². The summed E-state index contributed by atoms with van der Waals surface area (Å²) in [5.74, 6) is 0. The standard InChI is InChI=1S/C3H6F2O3P/c1-2-7-9(6)8-3(4)5/h3H,2H2,1H3/q+1. The Balaban J connectivity index is 3.27. The van der Waals surface area contributed by atoms with Crippen molar-refractivity contribution in [2.45, 2.75) is 13.5 Å². The number of rotatable bonds is 4. The van der Waals surface area contributed by atoms with E-state index in [1.165, 1.54) is 6.92 Å². The van der Waals surface area contributed by atoms with Crippen molar-refractivity contribution in [2.75, 3.05) is 6.61 Å². The molecule has 0 N–H and O–H groups in total. The molecule has 0 aliphatic heterocycles. The third-order valence-electron chi connectivity index (χ3n) is 0.400. The van der Waals surface area contributed by atoms with Crippen molar-refractivity contribution < 1.29 is 22.4 Å². The first-order valence-corrected chi connectivity index (χ1v) is 3.31. The molecule has 0 aromatic carbocycles. The Morgan fingerprint density at radius 1 is 1.67 bits per heavy atom. The summed E-state index contributed by atoms with van der Waals surface area (Å²) in [6.07, 6.45) is 0. The molecule has 6 heteroatoms. The summed E-state index contributed by atoms with van der Waals surface area (Å²) in [5, 5.41) is 0.